The van der Waals surface area contributed by atoms with Crippen LogP contribution < -0.4 is 0 Å². The van der Waals surface area contributed by atoms with E-state index in [9.17, 15) is 43.9 Å². The van der Waals surface area contributed by atoms with Gasteiger partial charge in [-0.15, -0.1) is 0 Å². The van der Waals surface area contributed by atoms with E-state index in [0.717, 1.165) is 6.92 Å². The van der Waals surface area contributed by atoms with E-state index in [1.807, 2.05) is 0 Å². The molecule has 0 aliphatic rings. The van der Waals surface area contributed by atoms with Gasteiger partial charge in [-0.25, -0.2) is 0 Å². The Bertz CT molecular complexity index is 389. The van der Waals surface area contributed by atoms with E-state index in [0.29, 0.717) is 12.8 Å². The van der Waals surface area contributed by atoms with Crippen molar-refractivity contribution in [2.24, 2.45) is 0 Å². The Kier molecular flexibility index (Phi) is 7.45. The molecule has 0 aromatic heterocycles. The van der Waals surface area contributed by atoms with Crippen molar-refractivity contribution in [3.63, 3.8) is 0 Å². The molecule has 0 fully saturated rings. The first-order valence-corrected chi connectivity index (χ1v) is 7.51. The summed E-state index contributed by atoms with van der Waals surface area (Å²) in [4.78, 5) is 0. The SMILES string of the molecule is CCCCCCC(F)(F)C(F)(F)C(F)(F)C(F)(F)C(F)(F)CCC. The second-order valence-electron chi connectivity index (χ2n) is 5.69. The van der Waals surface area contributed by atoms with Crippen molar-refractivity contribution in [3.05, 3.63) is 0 Å². The Morgan fingerprint density at radius 2 is 0.875 bits per heavy atom. The van der Waals surface area contributed by atoms with E-state index in [1.165, 1.54) is 0 Å². The topological polar surface area (TPSA) is 0 Å². The Morgan fingerprint density at radius 3 is 1.25 bits per heavy atom. The minimum Gasteiger partial charge on any atom is -0.200 e. The van der Waals surface area contributed by atoms with Gasteiger partial charge in [-0.05, 0) is 6.42 Å². The molecule has 0 rings (SSSR count). The summed E-state index contributed by atoms with van der Waals surface area (Å²) in [5.74, 6) is -31.2. The molecule has 0 bridgehead atoms. The zero-order valence-electron chi connectivity index (χ0n) is 13.2. The predicted molar refractivity (Wildman–Crippen MR) is 68.4 cm³/mol. The maximum Gasteiger partial charge on any atom is 0.384 e. The number of rotatable bonds is 11. The zero-order valence-corrected chi connectivity index (χ0v) is 13.2. The maximum absolute atomic E-state index is 13.4. The molecule has 146 valence electrons. The highest BCUT2D eigenvalue weighted by Gasteiger charge is 2.85. The fourth-order valence-electron chi connectivity index (χ4n) is 2.06. The lowest BCUT2D eigenvalue weighted by Gasteiger charge is -2.39. The lowest BCUT2D eigenvalue weighted by molar-refractivity contribution is -0.402. The number of unbranched alkanes of at least 4 members (excludes halogenated alkanes) is 3. The van der Waals surface area contributed by atoms with Gasteiger partial charge in [0.2, 0.25) is 0 Å². The molecule has 0 nitrogen and oxygen atoms in total. The van der Waals surface area contributed by atoms with Crippen LogP contribution in [0.5, 0.6) is 0 Å². The van der Waals surface area contributed by atoms with E-state index >= 15 is 0 Å². The third-order valence-electron chi connectivity index (χ3n) is 3.62. The van der Waals surface area contributed by atoms with Crippen LogP contribution in [-0.2, 0) is 0 Å². The first-order chi connectivity index (χ1) is 10.6. The summed E-state index contributed by atoms with van der Waals surface area (Å²) in [6, 6.07) is 0. The highest BCUT2D eigenvalue weighted by Crippen LogP contribution is 2.58. The molecule has 0 N–H and O–H groups in total. The van der Waals surface area contributed by atoms with Crippen molar-refractivity contribution >= 4 is 0 Å². The summed E-state index contributed by atoms with van der Waals surface area (Å²) >= 11 is 0. The summed E-state index contributed by atoms with van der Waals surface area (Å²) in [7, 11) is 0. The first-order valence-electron chi connectivity index (χ1n) is 7.51. The van der Waals surface area contributed by atoms with Crippen LogP contribution in [0, 0.1) is 0 Å². The number of hydrogen-bond acceptors (Lipinski definition) is 0. The number of halogens is 10. The molecule has 0 spiro atoms. The molecule has 0 atom stereocenters. The lowest BCUT2D eigenvalue weighted by Crippen LogP contribution is -2.67. The van der Waals surface area contributed by atoms with Gasteiger partial charge >= 0.3 is 29.6 Å². The van der Waals surface area contributed by atoms with Crippen LogP contribution in [0.15, 0.2) is 0 Å². The molecule has 0 radical (unpaired) electrons. The second-order valence-corrected chi connectivity index (χ2v) is 5.69. The Labute approximate surface area is 133 Å². The second kappa shape index (κ2) is 7.68. The van der Waals surface area contributed by atoms with Gasteiger partial charge in [-0.2, -0.15) is 43.9 Å². The van der Waals surface area contributed by atoms with Gasteiger partial charge in [-0.1, -0.05) is 39.5 Å². The summed E-state index contributed by atoms with van der Waals surface area (Å²) in [5.41, 5.74) is 0. The molecule has 0 aromatic rings. The Morgan fingerprint density at radius 1 is 0.458 bits per heavy atom. The highest BCUT2D eigenvalue weighted by atomic mass is 19.4. The van der Waals surface area contributed by atoms with Gasteiger partial charge in [0.25, 0.3) is 0 Å². The van der Waals surface area contributed by atoms with E-state index in [-0.39, 0.29) is 6.42 Å². The molecule has 0 heterocycles. The van der Waals surface area contributed by atoms with Crippen LogP contribution in [0.25, 0.3) is 0 Å². The molecular formula is C14H20F10. The van der Waals surface area contributed by atoms with E-state index in [4.69, 9.17) is 0 Å². The van der Waals surface area contributed by atoms with Crippen molar-refractivity contribution in [2.45, 2.75) is 88.4 Å². The molecule has 0 saturated carbocycles. The van der Waals surface area contributed by atoms with Gasteiger partial charge in [0.05, 0.1) is 0 Å². The minimum absolute atomic E-state index is 0.00384. The number of hydrogen-bond donors (Lipinski definition) is 0. The maximum atomic E-state index is 13.4. The third-order valence-corrected chi connectivity index (χ3v) is 3.62. The Hall–Kier alpha value is -0.700. The summed E-state index contributed by atoms with van der Waals surface area (Å²) < 4.78 is 134. The molecule has 0 aliphatic carbocycles. The van der Waals surface area contributed by atoms with Crippen LogP contribution >= 0.6 is 0 Å². The van der Waals surface area contributed by atoms with Crippen LogP contribution in [-0.4, -0.2) is 29.6 Å². The van der Waals surface area contributed by atoms with Gasteiger partial charge < -0.3 is 0 Å². The average molecular weight is 378 g/mol. The van der Waals surface area contributed by atoms with Crippen molar-refractivity contribution in [2.75, 3.05) is 0 Å². The molecule has 0 saturated heterocycles. The summed E-state index contributed by atoms with van der Waals surface area (Å²) in [5, 5.41) is 0. The van der Waals surface area contributed by atoms with Gasteiger partial charge in [0.15, 0.2) is 0 Å². The first kappa shape index (κ1) is 23.3. The molecule has 0 unspecified atom stereocenters. The molecule has 0 aromatic carbocycles. The molecule has 0 amide bonds. The van der Waals surface area contributed by atoms with E-state index < -0.39 is 55.3 Å². The molecular weight excluding hydrogens is 358 g/mol. The smallest absolute Gasteiger partial charge is 0.200 e. The standard InChI is InChI=1S/C14H20F10/c1-3-5-6-7-9-11(17,18)13(21,22)14(23,24)12(19,20)10(15,16)8-4-2/h3-9H2,1-2H3. The van der Waals surface area contributed by atoms with Crippen molar-refractivity contribution in [1.29, 1.82) is 0 Å². The van der Waals surface area contributed by atoms with Crippen LogP contribution in [0.1, 0.15) is 58.8 Å². The van der Waals surface area contributed by atoms with Crippen LogP contribution in [0.4, 0.5) is 43.9 Å². The fourth-order valence-corrected chi connectivity index (χ4v) is 2.06. The molecule has 0 aliphatic heterocycles. The fraction of sp³-hybridized carbons (Fsp3) is 1.00. The van der Waals surface area contributed by atoms with Gasteiger partial charge in [0.1, 0.15) is 0 Å². The normalized spacial score (nSPS) is 15.0. The van der Waals surface area contributed by atoms with E-state index in [1.54, 1.807) is 6.92 Å². The largest absolute Gasteiger partial charge is 0.384 e. The van der Waals surface area contributed by atoms with Crippen molar-refractivity contribution in [3.8, 4) is 0 Å². The van der Waals surface area contributed by atoms with Gasteiger partial charge in [0, 0.05) is 12.8 Å². The van der Waals surface area contributed by atoms with E-state index in [2.05, 4.69) is 0 Å². The van der Waals surface area contributed by atoms with Gasteiger partial charge in [-0.3, -0.25) is 0 Å². The Balaban J connectivity index is 5.55. The summed E-state index contributed by atoms with van der Waals surface area (Å²) in [6.07, 6.45) is -4.11. The van der Waals surface area contributed by atoms with Crippen LogP contribution in [0.3, 0.4) is 0 Å². The van der Waals surface area contributed by atoms with Crippen molar-refractivity contribution in [1.82, 2.24) is 0 Å². The molecule has 10 heteroatoms. The summed E-state index contributed by atoms with van der Waals surface area (Å²) in [6.45, 7) is 2.60. The van der Waals surface area contributed by atoms with Crippen molar-refractivity contribution < 1.29 is 43.9 Å². The minimum atomic E-state index is -6.91. The zero-order chi connectivity index (χ0) is 19.4. The highest BCUT2D eigenvalue weighted by molar-refractivity contribution is 5.08. The quantitative estimate of drug-likeness (QED) is 0.270. The lowest BCUT2D eigenvalue weighted by atomic mass is 9.90. The average Bonchev–Trinajstić information content (AvgIpc) is 2.42. The molecule has 24 heavy (non-hydrogen) atoms. The van der Waals surface area contributed by atoms with Crippen LogP contribution in [0.2, 0.25) is 0 Å². The number of alkyl halides is 10. The third kappa shape index (κ3) is 4.09. The predicted octanol–water partition coefficient (Wildman–Crippen LogP) is 6.93. The monoisotopic (exact) mass is 378 g/mol.